The van der Waals surface area contributed by atoms with Crippen LogP contribution in [-0.2, 0) is 18.4 Å². The van der Waals surface area contributed by atoms with E-state index >= 15 is 0 Å². The van der Waals surface area contributed by atoms with E-state index in [9.17, 15) is 50.0 Å². The predicted octanol–water partition coefficient (Wildman–Crippen LogP) is 5.25. The third kappa shape index (κ3) is 22.8. The van der Waals surface area contributed by atoms with E-state index in [1.54, 1.807) is 6.08 Å². The number of carbonyl (C=O) groups is 1. The van der Waals surface area contributed by atoms with Crippen LogP contribution in [0.2, 0.25) is 0 Å². The predicted molar refractivity (Wildman–Crippen MR) is 206 cm³/mol. The Kier molecular flexibility index (Phi) is 28.2. The lowest BCUT2D eigenvalue weighted by Crippen LogP contribution is -2.64. The number of carbonyl (C=O) groups excluding carboxylic acids is 1. The van der Waals surface area contributed by atoms with Gasteiger partial charge in [-0.25, -0.2) is 4.57 Å². The first-order chi connectivity index (χ1) is 25.3. The maximum atomic E-state index is 12.9. The van der Waals surface area contributed by atoms with Gasteiger partial charge in [0.25, 0.3) is 0 Å². The lowest BCUT2D eigenvalue weighted by atomic mass is 9.85. The van der Waals surface area contributed by atoms with E-state index in [0.29, 0.717) is 12.8 Å². The van der Waals surface area contributed by atoms with Crippen molar-refractivity contribution in [1.82, 2.24) is 5.32 Å². The molecule has 0 aliphatic heterocycles. The van der Waals surface area contributed by atoms with E-state index in [-0.39, 0.29) is 6.42 Å². The summed E-state index contributed by atoms with van der Waals surface area (Å²) in [5, 5.41) is 74.0. The van der Waals surface area contributed by atoms with E-state index in [2.05, 4.69) is 31.3 Å². The van der Waals surface area contributed by atoms with E-state index in [1.165, 1.54) is 83.1 Å². The Hall–Kier alpha value is -1.22. The molecule has 0 aromatic heterocycles. The minimum atomic E-state index is -5.14. The van der Waals surface area contributed by atoms with Crippen molar-refractivity contribution in [1.29, 1.82) is 0 Å². The molecule has 9 N–H and O–H groups in total. The highest BCUT2D eigenvalue weighted by molar-refractivity contribution is 7.47. The van der Waals surface area contributed by atoms with E-state index < -0.39 is 75.2 Å². The molecule has 8 unspecified atom stereocenters. The molecule has 0 aromatic rings. The Morgan fingerprint density at radius 2 is 1.11 bits per heavy atom. The second-order valence-electron chi connectivity index (χ2n) is 14.7. The maximum absolute atomic E-state index is 12.9. The third-order valence-corrected chi connectivity index (χ3v) is 10.8. The molecule has 1 aliphatic carbocycles. The molecule has 0 saturated heterocycles. The number of nitrogens with one attached hydrogen (secondary N) is 1. The fourth-order valence-corrected chi connectivity index (χ4v) is 7.34. The lowest BCUT2D eigenvalue weighted by Gasteiger charge is -2.41. The zero-order valence-electron chi connectivity index (χ0n) is 32.4. The van der Waals surface area contributed by atoms with Gasteiger partial charge in [-0.05, 0) is 32.1 Å². The highest BCUT2D eigenvalue weighted by Gasteiger charge is 2.51. The molecule has 8 atom stereocenters. The molecule has 1 rings (SSSR count). The Bertz CT molecular complexity index is 1020. The normalized spacial score (nSPS) is 25.1. The number of unbranched alkanes of at least 4 members (excludes halogenated alkanes) is 17. The SMILES string of the molecule is CCCCCCCC/C=C/CC/C=C/C(O)C(COP(=O)(O)OC1C(O)C(O)C(O)C(O)C1O)NC(=O)CC(O)CCCCCCCCCCCCC. The fourth-order valence-electron chi connectivity index (χ4n) is 6.37. The zero-order valence-corrected chi connectivity index (χ0v) is 33.3. The van der Waals surface area contributed by atoms with Crippen LogP contribution in [0.1, 0.15) is 155 Å². The summed E-state index contributed by atoms with van der Waals surface area (Å²) in [5.74, 6) is -0.605. The lowest BCUT2D eigenvalue weighted by molar-refractivity contribution is -0.220. The van der Waals surface area contributed by atoms with Gasteiger partial charge in [-0.15, -0.1) is 0 Å². The van der Waals surface area contributed by atoms with Crippen molar-refractivity contribution in [3.8, 4) is 0 Å². The molecule has 14 heteroatoms. The van der Waals surface area contributed by atoms with Crippen molar-refractivity contribution in [3.63, 3.8) is 0 Å². The standard InChI is InChI=1S/C39H74NO12P/c1-3-5-7-9-11-13-15-17-19-21-23-25-27-32(42)31(29-51-53(49,50)52-39-37(47)35(45)34(44)36(46)38(39)48)40-33(43)28-30(41)26-24-22-20-18-16-14-12-10-8-6-4-2/h17,19,25,27,30-32,34-39,41-42,44-48H,3-16,18,20-24,26,28-29H2,1-2H3,(H,40,43)(H,49,50)/b19-17+,27-25+. The van der Waals surface area contributed by atoms with Crippen LogP contribution in [0, 0.1) is 0 Å². The van der Waals surface area contributed by atoms with Crippen LogP contribution in [0.5, 0.6) is 0 Å². The quantitative estimate of drug-likeness (QED) is 0.0243. The molecular formula is C39H74NO12P. The number of amides is 1. The van der Waals surface area contributed by atoms with Gasteiger partial charge in [-0.3, -0.25) is 13.8 Å². The minimum Gasteiger partial charge on any atom is -0.393 e. The van der Waals surface area contributed by atoms with Crippen molar-refractivity contribution in [2.24, 2.45) is 0 Å². The van der Waals surface area contributed by atoms with Gasteiger partial charge in [0.2, 0.25) is 5.91 Å². The number of rotatable bonds is 32. The molecular weight excluding hydrogens is 705 g/mol. The molecule has 0 heterocycles. The Morgan fingerprint density at radius 3 is 1.66 bits per heavy atom. The Balaban J connectivity index is 2.67. The number of hydrogen-bond donors (Lipinski definition) is 9. The molecule has 1 aliphatic rings. The largest absolute Gasteiger partial charge is 0.472 e. The topological polar surface area (TPSA) is 226 Å². The molecule has 0 aromatic carbocycles. The van der Waals surface area contributed by atoms with Crippen molar-refractivity contribution < 1.29 is 59.0 Å². The van der Waals surface area contributed by atoms with Crippen LogP contribution in [0.4, 0.5) is 0 Å². The summed E-state index contributed by atoms with van der Waals surface area (Å²) >= 11 is 0. The molecule has 13 nitrogen and oxygen atoms in total. The summed E-state index contributed by atoms with van der Waals surface area (Å²) < 4.78 is 22.7. The van der Waals surface area contributed by atoms with Crippen LogP contribution < -0.4 is 5.32 Å². The molecule has 312 valence electrons. The summed E-state index contributed by atoms with van der Waals surface area (Å²) in [6.45, 7) is 3.66. The van der Waals surface area contributed by atoms with Gasteiger partial charge in [-0.2, -0.15) is 0 Å². The number of phosphoric ester groups is 1. The monoisotopic (exact) mass is 779 g/mol. The Morgan fingerprint density at radius 1 is 0.660 bits per heavy atom. The van der Waals surface area contributed by atoms with Crippen molar-refractivity contribution in [2.75, 3.05) is 6.61 Å². The van der Waals surface area contributed by atoms with Gasteiger partial charge in [-0.1, -0.05) is 141 Å². The first-order valence-electron chi connectivity index (χ1n) is 20.4. The van der Waals surface area contributed by atoms with Gasteiger partial charge in [0, 0.05) is 0 Å². The molecule has 1 amide bonds. The molecule has 1 saturated carbocycles. The van der Waals surface area contributed by atoms with Crippen LogP contribution in [0.3, 0.4) is 0 Å². The molecule has 53 heavy (non-hydrogen) atoms. The van der Waals surface area contributed by atoms with Gasteiger partial charge < -0.3 is 46.0 Å². The third-order valence-electron chi connectivity index (χ3n) is 9.79. The van der Waals surface area contributed by atoms with Crippen LogP contribution >= 0.6 is 7.82 Å². The first-order valence-corrected chi connectivity index (χ1v) is 21.9. The van der Waals surface area contributed by atoms with Crippen LogP contribution in [0.15, 0.2) is 24.3 Å². The first kappa shape index (κ1) is 49.8. The molecule has 0 radical (unpaired) electrons. The number of phosphoric acid groups is 1. The van der Waals surface area contributed by atoms with Gasteiger partial charge in [0.1, 0.15) is 36.6 Å². The number of allylic oxidation sites excluding steroid dienone is 3. The fraction of sp³-hybridized carbons (Fsp3) is 0.872. The molecule has 0 spiro atoms. The summed E-state index contributed by atoms with van der Waals surface area (Å²) in [7, 11) is -5.14. The highest BCUT2D eigenvalue weighted by atomic mass is 31.2. The second-order valence-corrected chi connectivity index (χ2v) is 16.1. The van der Waals surface area contributed by atoms with Crippen molar-refractivity contribution in [3.05, 3.63) is 24.3 Å². The van der Waals surface area contributed by atoms with Crippen molar-refractivity contribution >= 4 is 13.7 Å². The zero-order chi connectivity index (χ0) is 39.5. The van der Waals surface area contributed by atoms with E-state index in [1.807, 2.05) is 0 Å². The second kappa shape index (κ2) is 30.0. The van der Waals surface area contributed by atoms with Crippen molar-refractivity contribution in [2.45, 2.75) is 210 Å². The van der Waals surface area contributed by atoms with E-state index in [0.717, 1.165) is 44.9 Å². The van der Waals surface area contributed by atoms with Crippen LogP contribution in [0.25, 0.3) is 0 Å². The summed E-state index contributed by atoms with van der Waals surface area (Å²) in [6.07, 6.45) is 15.8. The van der Waals surface area contributed by atoms with Gasteiger partial charge >= 0.3 is 7.82 Å². The smallest absolute Gasteiger partial charge is 0.393 e. The summed E-state index contributed by atoms with van der Waals surface area (Å²) in [5.41, 5.74) is 0. The average Bonchev–Trinajstić information content (AvgIpc) is 3.12. The number of aliphatic hydroxyl groups excluding tert-OH is 7. The van der Waals surface area contributed by atoms with Gasteiger partial charge in [0.05, 0.1) is 31.3 Å². The maximum Gasteiger partial charge on any atom is 0.472 e. The summed E-state index contributed by atoms with van der Waals surface area (Å²) in [6, 6.07) is -1.25. The molecule has 0 bridgehead atoms. The number of aliphatic hydroxyl groups is 7. The minimum absolute atomic E-state index is 0.250. The van der Waals surface area contributed by atoms with Crippen LogP contribution in [-0.4, -0.2) is 108 Å². The molecule has 1 fully saturated rings. The van der Waals surface area contributed by atoms with E-state index in [4.69, 9.17) is 9.05 Å². The number of hydrogen-bond acceptors (Lipinski definition) is 11. The Labute approximate surface area is 318 Å². The average molecular weight is 780 g/mol. The summed E-state index contributed by atoms with van der Waals surface area (Å²) in [4.78, 5) is 23.3. The highest BCUT2D eigenvalue weighted by Crippen LogP contribution is 2.47. The van der Waals surface area contributed by atoms with Gasteiger partial charge in [0.15, 0.2) is 0 Å².